The normalized spacial score (nSPS) is 10.4. The first-order chi connectivity index (χ1) is 11.2. The Balaban J connectivity index is 1.99. The Kier molecular flexibility index (Phi) is 6.62. The lowest BCUT2D eigenvalue weighted by atomic mass is 10.3. The van der Waals surface area contributed by atoms with Crippen LogP contribution in [0.1, 0.15) is 19.2 Å². The summed E-state index contributed by atoms with van der Waals surface area (Å²) >= 11 is 0. The maximum Gasteiger partial charge on any atom is 0.136 e. The zero-order chi connectivity index (χ0) is 16.5. The van der Waals surface area contributed by atoms with Gasteiger partial charge in [-0.05, 0) is 44.5 Å². The van der Waals surface area contributed by atoms with E-state index < -0.39 is 0 Å². The molecule has 0 aliphatic rings. The van der Waals surface area contributed by atoms with Gasteiger partial charge in [0.1, 0.15) is 23.2 Å². The van der Waals surface area contributed by atoms with E-state index in [1.165, 1.54) is 0 Å². The molecule has 2 rings (SSSR count). The molecule has 0 bridgehead atoms. The van der Waals surface area contributed by atoms with Gasteiger partial charge in [-0.15, -0.1) is 0 Å². The van der Waals surface area contributed by atoms with Gasteiger partial charge in [0.15, 0.2) is 0 Å². The highest BCUT2D eigenvalue weighted by Crippen LogP contribution is 2.20. The molecule has 23 heavy (non-hydrogen) atoms. The number of aromatic nitrogens is 2. The molecule has 0 spiro atoms. The Hall–Kier alpha value is -2.34. The second-order valence-electron chi connectivity index (χ2n) is 5.04. The van der Waals surface area contributed by atoms with Gasteiger partial charge in [-0.2, -0.15) is 0 Å². The van der Waals surface area contributed by atoms with Crippen molar-refractivity contribution in [1.29, 1.82) is 0 Å². The van der Waals surface area contributed by atoms with Crippen LogP contribution < -0.4 is 15.4 Å². The molecule has 0 fully saturated rings. The van der Waals surface area contributed by atoms with Crippen LogP contribution in [0.5, 0.6) is 5.75 Å². The number of anilines is 3. The largest absolute Gasteiger partial charge is 0.494 e. The third-order valence-electron chi connectivity index (χ3n) is 3.11. The molecule has 0 aliphatic carbocycles. The minimum absolute atomic E-state index is 0.663. The molecule has 1 aromatic carbocycles. The molecule has 0 aliphatic heterocycles. The predicted octanol–water partition coefficient (Wildman–Crippen LogP) is 3.38. The average Bonchev–Trinajstić information content (AvgIpc) is 2.53. The number of rotatable bonds is 9. The standard InChI is InChI=1S/C17H24N4O2/c1-4-23-15-8-6-14(7-9-15)21-17-12-16(19-13(2)20-17)18-10-5-11-22-3/h6-9,12H,4-5,10-11H2,1-3H3,(H2,18,19,20,21). The zero-order valence-electron chi connectivity index (χ0n) is 13.9. The molecule has 0 atom stereocenters. The first-order valence-corrected chi connectivity index (χ1v) is 7.79. The number of nitrogens with one attached hydrogen (secondary N) is 2. The van der Waals surface area contributed by atoms with Crippen molar-refractivity contribution in [3.8, 4) is 5.75 Å². The molecule has 0 radical (unpaired) electrons. The maximum atomic E-state index is 5.44. The molecule has 0 saturated carbocycles. The molecule has 1 heterocycles. The third kappa shape index (κ3) is 5.75. The van der Waals surface area contributed by atoms with E-state index in [9.17, 15) is 0 Å². The van der Waals surface area contributed by atoms with E-state index in [2.05, 4.69) is 20.6 Å². The number of methoxy groups -OCH3 is 1. The number of nitrogens with zero attached hydrogens (tertiary/aromatic N) is 2. The van der Waals surface area contributed by atoms with Gasteiger partial charge >= 0.3 is 0 Å². The van der Waals surface area contributed by atoms with Gasteiger partial charge in [0.2, 0.25) is 0 Å². The van der Waals surface area contributed by atoms with Crippen molar-refractivity contribution >= 4 is 17.3 Å². The van der Waals surface area contributed by atoms with E-state index in [0.29, 0.717) is 6.61 Å². The van der Waals surface area contributed by atoms with Crippen LogP contribution in [-0.2, 0) is 4.74 Å². The fraction of sp³-hybridized carbons (Fsp3) is 0.412. The van der Waals surface area contributed by atoms with Crippen molar-refractivity contribution in [2.24, 2.45) is 0 Å². The molecular weight excluding hydrogens is 292 g/mol. The quantitative estimate of drug-likeness (QED) is 0.691. The molecule has 6 nitrogen and oxygen atoms in total. The lowest BCUT2D eigenvalue weighted by Crippen LogP contribution is -2.08. The maximum absolute atomic E-state index is 5.44. The van der Waals surface area contributed by atoms with Crippen LogP contribution in [0.25, 0.3) is 0 Å². The minimum atomic E-state index is 0.663. The summed E-state index contributed by atoms with van der Waals surface area (Å²) in [6, 6.07) is 9.70. The molecule has 0 unspecified atom stereocenters. The van der Waals surface area contributed by atoms with Crippen molar-refractivity contribution in [2.75, 3.05) is 37.5 Å². The molecule has 2 aromatic rings. The second-order valence-corrected chi connectivity index (χ2v) is 5.04. The highest BCUT2D eigenvalue weighted by molar-refractivity contribution is 5.59. The highest BCUT2D eigenvalue weighted by atomic mass is 16.5. The van der Waals surface area contributed by atoms with Gasteiger partial charge in [0.25, 0.3) is 0 Å². The fourth-order valence-electron chi connectivity index (χ4n) is 2.10. The summed E-state index contributed by atoms with van der Waals surface area (Å²) in [5.74, 6) is 3.14. The van der Waals surface area contributed by atoms with E-state index in [1.807, 2.05) is 44.2 Å². The molecule has 2 N–H and O–H groups in total. The van der Waals surface area contributed by atoms with Gasteiger partial charge in [-0.3, -0.25) is 0 Å². The van der Waals surface area contributed by atoms with Crippen LogP contribution in [0.2, 0.25) is 0 Å². The first kappa shape index (κ1) is 17.0. The van der Waals surface area contributed by atoms with Crippen molar-refractivity contribution in [1.82, 2.24) is 9.97 Å². The van der Waals surface area contributed by atoms with E-state index in [4.69, 9.17) is 9.47 Å². The Morgan fingerprint density at radius 1 is 1.09 bits per heavy atom. The molecule has 124 valence electrons. The molecular formula is C17H24N4O2. The Labute approximate surface area is 137 Å². The molecule has 0 amide bonds. The van der Waals surface area contributed by atoms with Crippen LogP contribution >= 0.6 is 0 Å². The second kappa shape index (κ2) is 8.95. The van der Waals surface area contributed by atoms with Crippen LogP contribution in [-0.4, -0.2) is 36.8 Å². The van der Waals surface area contributed by atoms with Crippen LogP contribution in [0.3, 0.4) is 0 Å². The summed E-state index contributed by atoms with van der Waals surface area (Å²) in [6.45, 7) is 6.05. The Morgan fingerprint density at radius 3 is 2.52 bits per heavy atom. The lowest BCUT2D eigenvalue weighted by molar-refractivity contribution is 0.198. The number of hydrogen-bond acceptors (Lipinski definition) is 6. The van der Waals surface area contributed by atoms with Crippen LogP contribution in [0.4, 0.5) is 17.3 Å². The van der Waals surface area contributed by atoms with Gasteiger partial charge in [0, 0.05) is 32.0 Å². The summed E-state index contributed by atoms with van der Waals surface area (Å²) < 4.78 is 10.5. The van der Waals surface area contributed by atoms with E-state index in [1.54, 1.807) is 7.11 Å². The van der Waals surface area contributed by atoms with Gasteiger partial charge < -0.3 is 20.1 Å². The Bertz CT molecular complexity index is 602. The first-order valence-electron chi connectivity index (χ1n) is 7.79. The Morgan fingerprint density at radius 2 is 1.83 bits per heavy atom. The average molecular weight is 316 g/mol. The summed E-state index contributed by atoms with van der Waals surface area (Å²) in [6.07, 6.45) is 0.932. The number of benzene rings is 1. The van der Waals surface area contributed by atoms with Crippen molar-refractivity contribution in [2.45, 2.75) is 20.3 Å². The lowest BCUT2D eigenvalue weighted by Gasteiger charge is -2.11. The number of aryl methyl sites for hydroxylation is 1. The smallest absolute Gasteiger partial charge is 0.136 e. The van der Waals surface area contributed by atoms with Gasteiger partial charge in [-0.1, -0.05) is 0 Å². The number of ether oxygens (including phenoxy) is 2. The van der Waals surface area contributed by atoms with Crippen LogP contribution in [0.15, 0.2) is 30.3 Å². The van der Waals surface area contributed by atoms with E-state index in [0.717, 1.165) is 48.5 Å². The predicted molar refractivity (Wildman–Crippen MR) is 92.6 cm³/mol. The van der Waals surface area contributed by atoms with Gasteiger partial charge in [0.05, 0.1) is 6.61 Å². The highest BCUT2D eigenvalue weighted by Gasteiger charge is 2.03. The SMILES string of the molecule is CCOc1ccc(Nc2cc(NCCCOC)nc(C)n2)cc1. The number of hydrogen-bond donors (Lipinski definition) is 2. The molecule has 6 heteroatoms. The van der Waals surface area contributed by atoms with Crippen molar-refractivity contribution < 1.29 is 9.47 Å². The molecule has 0 saturated heterocycles. The third-order valence-corrected chi connectivity index (χ3v) is 3.11. The van der Waals surface area contributed by atoms with E-state index >= 15 is 0 Å². The topological polar surface area (TPSA) is 68.3 Å². The fourth-order valence-corrected chi connectivity index (χ4v) is 2.10. The summed E-state index contributed by atoms with van der Waals surface area (Å²) in [4.78, 5) is 8.80. The summed E-state index contributed by atoms with van der Waals surface area (Å²) in [7, 11) is 1.70. The summed E-state index contributed by atoms with van der Waals surface area (Å²) in [5, 5.41) is 6.57. The van der Waals surface area contributed by atoms with E-state index in [-0.39, 0.29) is 0 Å². The van der Waals surface area contributed by atoms with Gasteiger partial charge in [-0.25, -0.2) is 9.97 Å². The van der Waals surface area contributed by atoms with Crippen molar-refractivity contribution in [3.05, 3.63) is 36.2 Å². The van der Waals surface area contributed by atoms with Crippen LogP contribution in [0, 0.1) is 6.92 Å². The monoisotopic (exact) mass is 316 g/mol. The van der Waals surface area contributed by atoms with Crippen molar-refractivity contribution in [3.63, 3.8) is 0 Å². The minimum Gasteiger partial charge on any atom is -0.494 e. The zero-order valence-corrected chi connectivity index (χ0v) is 13.9. The molecule has 1 aromatic heterocycles. The summed E-state index contributed by atoms with van der Waals surface area (Å²) in [5.41, 5.74) is 0.955.